The van der Waals surface area contributed by atoms with E-state index in [0.717, 1.165) is 12.8 Å². The highest BCUT2D eigenvalue weighted by Gasteiger charge is 2.27. The Hall–Kier alpha value is -2.07. The molecule has 88 valence electrons. The van der Waals surface area contributed by atoms with Crippen molar-refractivity contribution in [3.63, 3.8) is 0 Å². The lowest BCUT2D eigenvalue weighted by molar-refractivity contribution is 0.580. The monoisotopic (exact) mass is 233 g/mol. The topological polar surface area (TPSA) is 23.8 Å². The minimum atomic E-state index is 0.0705. The molecule has 1 nitrogen and oxygen atoms in total. The molecule has 3 rings (SSSR count). The molecule has 0 saturated heterocycles. The fraction of sp³-hybridized carbons (Fsp3) is 0.235. The highest BCUT2D eigenvalue weighted by molar-refractivity contribution is 5.43. The molecule has 0 amide bonds. The lowest BCUT2D eigenvalue weighted by atomic mass is 9.74. The number of hydrogen-bond donors (Lipinski definition) is 0. The maximum atomic E-state index is 9.24. The molecule has 0 unspecified atom stereocenters. The molecule has 2 aromatic rings. The quantitative estimate of drug-likeness (QED) is 0.723. The van der Waals surface area contributed by atoms with E-state index in [1.807, 2.05) is 6.07 Å². The first kappa shape index (κ1) is 11.0. The van der Waals surface area contributed by atoms with Crippen LogP contribution in [0, 0.1) is 11.3 Å². The van der Waals surface area contributed by atoms with Gasteiger partial charge >= 0.3 is 0 Å². The van der Waals surface area contributed by atoms with E-state index in [4.69, 9.17) is 0 Å². The molecule has 0 saturated carbocycles. The Morgan fingerprint density at radius 3 is 2.22 bits per heavy atom. The summed E-state index contributed by atoms with van der Waals surface area (Å²) in [5.74, 6) is 0.521. The van der Waals surface area contributed by atoms with Crippen LogP contribution in [-0.2, 0) is 0 Å². The third-order valence-corrected chi connectivity index (χ3v) is 3.85. The normalized spacial score (nSPS) is 21.9. The SMILES string of the molecule is N#C[C@H]1CC[C@H](c2ccccc2)c2ccccc21. The van der Waals surface area contributed by atoms with Crippen LogP contribution in [0.4, 0.5) is 0 Å². The number of rotatable bonds is 1. The second-order valence-electron chi connectivity index (χ2n) is 4.85. The number of hydrogen-bond acceptors (Lipinski definition) is 1. The predicted molar refractivity (Wildman–Crippen MR) is 72.3 cm³/mol. The van der Waals surface area contributed by atoms with Crippen LogP contribution in [0.15, 0.2) is 54.6 Å². The van der Waals surface area contributed by atoms with Crippen molar-refractivity contribution >= 4 is 0 Å². The zero-order chi connectivity index (χ0) is 12.4. The van der Waals surface area contributed by atoms with Crippen LogP contribution in [0.2, 0.25) is 0 Å². The second-order valence-corrected chi connectivity index (χ2v) is 4.85. The number of fused-ring (bicyclic) bond motifs is 1. The average Bonchev–Trinajstić information content (AvgIpc) is 2.47. The van der Waals surface area contributed by atoms with Crippen molar-refractivity contribution in [2.75, 3.05) is 0 Å². The smallest absolute Gasteiger partial charge is 0.0715 e. The summed E-state index contributed by atoms with van der Waals surface area (Å²) in [7, 11) is 0. The highest BCUT2D eigenvalue weighted by Crippen LogP contribution is 2.41. The standard InChI is InChI=1S/C17H15N/c18-12-14-10-11-16(13-6-2-1-3-7-13)17-9-5-4-8-15(14)17/h1-9,14,16H,10-11H2/t14-,16-/m1/s1. The summed E-state index contributed by atoms with van der Waals surface area (Å²) in [6.07, 6.45) is 2.03. The van der Waals surface area contributed by atoms with Crippen LogP contribution in [0.5, 0.6) is 0 Å². The van der Waals surface area contributed by atoms with E-state index in [9.17, 15) is 5.26 Å². The van der Waals surface area contributed by atoms with Crippen molar-refractivity contribution < 1.29 is 0 Å². The van der Waals surface area contributed by atoms with Gasteiger partial charge in [-0.25, -0.2) is 0 Å². The molecule has 0 heterocycles. The second kappa shape index (κ2) is 4.66. The fourth-order valence-electron chi connectivity index (χ4n) is 2.96. The lowest BCUT2D eigenvalue weighted by Gasteiger charge is -2.28. The van der Waals surface area contributed by atoms with Gasteiger partial charge in [-0.15, -0.1) is 0 Å². The molecule has 0 spiro atoms. The van der Waals surface area contributed by atoms with Gasteiger partial charge in [-0.2, -0.15) is 5.26 Å². The summed E-state index contributed by atoms with van der Waals surface area (Å²) < 4.78 is 0. The first-order chi connectivity index (χ1) is 8.90. The Bertz CT molecular complexity index is 580. The molecule has 0 fully saturated rings. The Labute approximate surface area is 108 Å². The molecular weight excluding hydrogens is 218 g/mol. The molecule has 0 bridgehead atoms. The Kier molecular flexibility index (Phi) is 2.86. The summed E-state index contributed by atoms with van der Waals surface area (Å²) >= 11 is 0. The van der Waals surface area contributed by atoms with Crippen LogP contribution in [0.25, 0.3) is 0 Å². The van der Waals surface area contributed by atoms with Crippen molar-refractivity contribution in [3.8, 4) is 6.07 Å². The molecular formula is C17H15N. The van der Waals surface area contributed by atoms with Crippen molar-refractivity contribution in [1.82, 2.24) is 0 Å². The van der Waals surface area contributed by atoms with E-state index in [2.05, 4.69) is 54.6 Å². The summed E-state index contributed by atoms with van der Waals surface area (Å²) in [6.45, 7) is 0. The highest BCUT2D eigenvalue weighted by atomic mass is 14.3. The van der Waals surface area contributed by atoms with Crippen molar-refractivity contribution in [2.24, 2.45) is 0 Å². The largest absolute Gasteiger partial charge is 0.198 e. The molecule has 2 aromatic carbocycles. The van der Waals surface area contributed by atoms with E-state index >= 15 is 0 Å². The maximum Gasteiger partial charge on any atom is 0.0715 e. The zero-order valence-corrected chi connectivity index (χ0v) is 10.2. The van der Waals surface area contributed by atoms with Gasteiger partial charge < -0.3 is 0 Å². The molecule has 1 aliphatic carbocycles. The van der Waals surface area contributed by atoms with Gasteiger partial charge in [-0.3, -0.25) is 0 Å². The molecule has 18 heavy (non-hydrogen) atoms. The average molecular weight is 233 g/mol. The van der Waals surface area contributed by atoms with Crippen molar-refractivity contribution in [1.29, 1.82) is 5.26 Å². The van der Waals surface area contributed by atoms with Gasteiger partial charge in [0.1, 0.15) is 0 Å². The van der Waals surface area contributed by atoms with Crippen LogP contribution in [-0.4, -0.2) is 0 Å². The van der Waals surface area contributed by atoms with E-state index in [0.29, 0.717) is 5.92 Å². The van der Waals surface area contributed by atoms with Crippen molar-refractivity contribution in [2.45, 2.75) is 24.7 Å². The van der Waals surface area contributed by atoms with Gasteiger partial charge in [0.2, 0.25) is 0 Å². The van der Waals surface area contributed by atoms with E-state index in [1.165, 1.54) is 16.7 Å². The van der Waals surface area contributed by atoms with Crippen molar-refractivity contribution in [3.05, 3.63) is 71.3 Å². The van der Waals surface area contributed by atoms with Crippen LogP contribution < -0.4 is 0 Å². The van der Waals surface area contributed by atoms with Gasteiger partial charge in [-0.05, 0) is 29.5 Å². The van der Waals surface area contributed by atoms with Gasteiger partial charge in [0, 0.05) is 5.92 Å². The molecule has 1 aliphatic rings. The van der Waals surface area contributed by atoms with Crippen LogP contribution >= 0.6 is 0 Å². The summed E-state index contributed by atoms with van der Waals surface area (Å²) in [5, 5.41) is 9.24. The first-order valence-corrected chi connectivity index (χ1v) is 6.43. The molecule has 2 atom stereocenters. The van der Waals surface area contributed by atoms with Crippen LogP contribution in [0.1, 0.15) is 41.4 Å². The molecule has 0 N–H and O–H groups in total. The summed E-state index contributed by atoms with van der Waals surface area (Å²) in [6, 6.07) is 21.4. The van der Waals surface area contributed by atoms with E-state index in [1.54, 1.807) is 0 Å². The number of benzene rings is 2. The van der Waals surface area contributed by atoms with Gasteiger partial charge in [0.25, 0.3) is 0 Å². The van der Waals surface area contributed by atoms with E-state index in [-0.39, 0.29) is 5.92 Å². The molecule has 0 aromatic heterocycles. The molecule has 0 aliphatic heterocycles. The lowest BCUT2D eigenvalue weighted by Crippen LogP contribution is -2.14. The third-order valence-electron chi connectivity index (χ3n) is 3.85. The number of nitriles is 1. The number of nitrogens with zero attached hydrogens (tertiary/aromatic N) is 1. The Morgan fingerprint density at radius 1 is 0.833 bits per heavy atom. The van der Waals surface area contributed by atoms with Gasteiger partial charge in [0.15, 0.2) is 0 Å². The van der Waals surface area contributed by atoms with Gasteiger partial charge in [-0.1, -0.05) is 54.6 Å². The Morgan fingerprint density at radius 2 is 1.50 bits per heavy atom. The van der Waals surface area contributed by atoms with Crippen LogP contribution in [0.3, 0.4) is 0 Å². The predicted octanol–water partition coefficient (Wildman–Crippen LogP) is 4.22. The fourth-order valence-corrected chi connectivity index (χ4v) is 2.96. The van der Waals surface area contributed by atoms with Gasteiger partial charge in [0.05, 0.1) is 12.0 Å². The molecule has 0 radical (unpaired) electrons. The Balaban J connectivity index is 2.08. The summed E-state index contributed by atoms with van der Waals surface area (Å²) in [4.78, 5) is 0. The molecule has 1 heteroatoms. The minimum absolute atomic E-state index is 0.0705. The minimum Gasteiger partial charge on any atom is -0.198 e. The third kappa shape index (κ3) is 1.80. The first-order valence-electron chi connectivity index (χ1n) is 6.43. The zero-order valence-electron chi connectivity index (χ0n) is 10.2. The summed E-state index contributed by atoms with van der Waals surface area (Å²) in [5.41, 5.74) is 3.92. The van der Waals surface area contributed by atoms with E-state index < -0.39 is 0 Å². The maximum absolute atomic E-state index is 9.24.